The van der Waals surface area contributed by atoms with E-state index in [-0.39, 0.29) is 42.9 Å². The molecule has 5 rings (SSSR count). The predicted octanol–water partition coefficient (Wildman–Crippen LogP) is 4.06. The number of alkyl carbamates (subject to hydrolysis) is 1. The highest BCUT2D eigenvalue weighted by Crippen LogP contribution is 2.63. The second kappa shape index (κ2) is 8.78. The lowest BCUT2D eigenvalue weighted by molar-refractivity contribution is -0.138. The summed E-state index contributed by atoms with van der Waals surface area (Å²) in [5, 5.41) is 14.9. The van der Waals surface area contributed by atoms with Gasteiger partial charge in [0.25, 0.3) is 0 Å². The highest BCUT2D eigenvalue weighted by atomic mass is 16.5. The van der Waals surface area contributed by atoms with Crippen molar-refractivity contribution in [3.8, 4) is 11.1 Å². The number of hydrogen-bond acceptors (Lipinski definition) is 4. The molecule has 2 aromatic carbocycles. The third-order valence-electron chi connectivity index (χ3n) is 7.78. The second-order valence-corrected chi connectivity index (χ2v) is 9.84. The van der Waals surface area contributed by atoms with E-state index in [2.05, 4.69) is 34.9 Å². The smallest absolute Gasteiger partial charge is 0.407 e. The van der Waals surface area contributed by atoms with Crippen LogP contribution >= 0.6 is 0 Å². The van der Waals surface area contributed by atoms with Crippen LogP contribution in [-0.4, -0.2) is 41.8 Å². The first-order valence-electron chi connectivity index (χ1n) is 12.1. The SMILES string of the molecule is CCC(CC(=O)O)NC(=O)C12CC(NC(=O)OCC3c4ccccc4-c4ccccc43)CC1C2. The fourth-order valence-electron chi connectivity index (χ4n) is 5.93. The van der Waals surface area contributed by atoms with E-state index in [1.165, 1.54) is 22.3 Å². The van der Waals surface area contributed by atoms with Gasteiger partial charge in [-0.25, -0.2) is 4.79 Å². The number of benzene rings is 2. The Morgan fingerprint density at radius 2 is 1.71 bits per heavy atom. The topological polar surface area (TPSA) is 105 Å². The van der Waals surface area contributed by atoms with Gasteiger partial charge in [-0.15, -0.1) is 0 Å². The fraction of sp³-hybridized carbons (Fsp3) is 0.444. The summed E-state index contributed by atoms with van der Waals surface area (Å²) < 4.78 is 5.65. The molecule has 0 radical (unpaired) electrons. The number of amides is 2. The molecule has 0 aliphatic heterocycles. The summed E-state index contributed by atoms with van der Waals surface area (Å²) in [7, 11) is 0. The molecular weight excluding hydrogens is 432 g/mol. The van der Waals surface area contributed by atoms with Crippen LogP contribution in [0.1, 0.15) is 56.1 Å². The third-order valence-corrected chi connectivity index (χ3v) is 7.78. The predicted molar refractivity (Wildman–Crippen MR) is 126 cm³/mol. The molecular formula is C27H30N2O5. The van der Waals surface area contributed by atoms with Gasteiger partial charge in [0.1, 0.15) is 6.61 Å². The van der Waals surface area contributed by atoms with E-state index in [4.69, 9.17) is 9.84 Å². The number of fused-ring (bicyclic) bond motifs is 4. The Bertz CT molecular complexity index is 1090. The lowest BCUT2D eigenvalue weighted by Gasteiger charge is -2.21. The van der Waals surface area contributed by atoms with Gasteiger partial charge in [0, 0.05) is 18.0 Å². The summed E-state index contributed by atoms with van der Waals surface area (Å²) >= 11 is 0. The van der Waals surface area contributed by atoms with Crippen LogP contribution in [-0.2, 0) is 14.3 Å². The van der Waals surface area contributed by atoms with Gasteiger partial charge in [0.15, 0.2) is 0 Å². The number of carbonyl (C=O) groups is 3. The molecule has 0 saturated heterocycles. The highest BCUT2D eigenvalue weighted by molar-refractivity contribution is 5.87. The van der Waals surface area contributed by atoms with Crippen molar-refractivity contribution in [3.63, 3.8) is 0 Å². The van der Waals surface area contributed by atoms with Crippen molar-refractivity contribution in [3.05, 3.63) is 59.7 Å². The minimum atomic E-state index is -0.918. The molecule has 3 N–H and O–H groups in total. The highest BCUT2D eigenvalue weighted by Gasteiger charge is 2.65. The van der Waals surface area contributed by atoms with Crippen molar-refractivity contribution < 1.29 is 24.2 Å². The Morgan fingerprint density at radius 1 is 1.06 bits per heavy atom. The molecule has 4 atom stereocenters. The van der Waals surface area contributed by atoms with Crippen LogP contribution in [0.2, 0.25) is 0 Å². The normalized spacial score (nSPS) is 25.0. The first-order chi connectivity index (χ1) is 16.4. The van der Waals surface area contributed by atoms with Crippen molar-refractivity contribution in [1.82, 2.24) is 10.6 Å². The number of nitrogens with one attached hydrogen (secondary N) is 2. The maximum Gasteiger partial charge on any atom is 0.407 e. The molecule has 3 aliphatic carbocycles. The van der Waals surface area contributed by atoms with Crippen molar-refractivity contribution in [2.45, 2.75) is 57.0 Å². The number of carboxylic acid groups (broad SMARTS) is 1. The van der Waals surface area contributed by atoms with Crippen LogP contribution in [0.3, 0.4) is 0 Å². The van der Waals surface area contributed by atoms with E-state index in [0.29, 0.717) is 12.8 Å². The molecule has 0 heterocycles. The van der Waals surface area contributed by atoms with E-state index >= 15 is 0 Å². The van der Waals surface area contributed by atoms with Crippen LogP contribution in [0.4, 0.5) is 4.79 Å². The number of hydrogen-bond donors (Lipinski definition) is 3. The molecule has 2 aromatic rings. The van der Waals surface area contributed by atoms with Gasteiger partial charge in [-0.05, 0) is 53.9 Å². The molecule has 0 aromatic heterocycles. The number of aliphatic carboxylic acids is 1. The first kappa shape index (κ1) is 22.4. The number of carboxylic acids is 1. The molecule has 2 fully saturated rings. The van der Waals surface area contributed by atoms with E-state index in [1.807, 2.05) is 31.2 Å². The zero-order chi connectivity index (χ0) is 23.9. The molecule has 2 amide bonds. The van der Waals surface area contributed by atoms with Crippen LogP contribution < -0.4 is 10.6 Å². The molecule has 34 heavy (non-hydrogen) atoms. The summed E-state index contributed by atoms with van der Waals surface area (Å²) in [6, 6.07) is 15.9. The van der Waals surface area contributed by atoms with E-state index in [1.54, 1.807) is 0 Å². The number of carbonyl (C=O) groups excluding carboxylic acids is 2. The Morgan fingerprint density at radius 3 is 2.32 bits per heavy atom. The molecule has 0 spiro atoms. The summed E-state index contributed by atoms with van der Waals surface area (Å²) in [6.45, 7) is 2.13. The van der Waals surface area contributed by atoms with Crippen LogP contribution in [0.5, 0.6) is 0 Å². The summed E-state index contributed by atoms with van der Waals surface area (Å²) in [5.74, 6) is -0.762. The average Bonchev–Trinajstić information content (AvgIpc) is 3.25. The van der Waals surface area contributed by atoms with Gasteiger partial charge in [0.05, 0.1) is 11.8 Å². The zero-order valence-electron chi connectivity index (χ0n) is 19.3. The Kier molecular flexibility index (Phi) is 5.80. The Labute approximate surface area is 198 Å². The van der Waals surface area contributed by atoms with E-state index < -0.39 is 17.5 Å². The van der Waals surface area contributed by atoms with Gasteiger partial charge >= 0.3 is 12.1 Å². The van der Waals surface area contributed by atoms with Gasteiger partial charge < -0.3 is 20.5 Å². The standard InChI is InChI=1S/C27H30N2O5/c1-2-17(12-24(30)31)28-25(32)27-13-16(27)11-18(14-27)29-26(33)34-15-23-21-9-5-3-7-19(21)20-8-4-6-10-22(20)23/h3-10,16-18,23H,2,11-15H2,1H3,(H,28,32)(H,29,33)(H,30,31). The van der Waals surface area contributed by atoms with E-state index in [0.717, 1.165) is 12.8 Å². The van der Waals surface area contributed by atoms with Crippen LogP contribution in [0.25, 0.3) is 11.1 Å². The maximum absolute atomic E-state index is 12.9. The molecule has 7 heteroatoms. The number of rotatable bonds is 8. The van der Waals surface area contributed by atoms with Crippen molar-refractivity contribution in [2.24, 2.45) is 11.3 Å². The van der Waals surface area contributed by atoms with Gasteiger partial charge in [-0.3, -0.25) is 9.59 Å². The van der Waals surface area contributed by atoms with Gasteiger partial charge in [-0.1, -0.05) is 55.5 Å². The van der Waals surface area contributed by atoms with Crippen LogP contribution in [0, 0.1) is 11.3 Å². The quantitative estimate of drug-likeness (QED) is 0.549. The van der Waals surface area contributed by atoms with Gasteiger partial charge in [-0.2, -0.15) is 0 Å². The van der Waals surface area contributed by atoms with Crippen LogP contribution in [0.15, 0.2) is 48.5 Å². The molecule has 7 nitrogen and oxygen atoms in total. The average molecular weight is 463 g/mol. The largest absolute Gasteiger partial charge is 0.481 e. The maximum atomic E-state index is 12.9. The van der Waals surface area contributed by atoms with Crippen molar-refractivity contribution in [1.29, 1.82) is 0 Å². The van der Waals surface area contributed by atoms with Crippen molar-refractivity contribution >= 4 is 18.0 Å². The molecule has 0 bridgehead atoms. The molecule has 3 aliphatic rings. The fourth-order valence-corrected chi connectivity index (χ4v) is 5.93. The van der Waals surface area contributed by atoms with Crippen molar-refractivity contribution in [2.75, 3.05) is 6.61 Å². The first-order valence-corrected chi connectivity index (χ1v) is 12.1. The third kappa shape index (κ3) is 4.04. The Balaban J connectivity index is 1.16. The number of ether oxygens (including phenoxy) is 1. The van der Waals surface area contributed by atoms with Gasteiger partial charge in [0.2, 0.25) is 5.91 Å². The minimum absolute atomic E-state index is 0.00691. The Hall–Kier alpha value is -3.35. The lowest BCUT2D eigenvalue weighted by atomic mass is 9.98. The summed E-state index contributed by atoms with van der Waals surface area (Å²) in [5.41, 5.74) is 4.23. The summed E-state index contributed by atoms with van der Waals surface area (Å²) in [6.07, 6.45) is 2.14. The molecule has 178 valence electrons. The second-order valence-electron chi connectivity index (χ2n) is 9.84. The lowest BCUT2D eigenvalue weighted by Crippen LogP contribution is -2.42. The molecule has 2 saturated carbocycles. The van der Waals surface area contributed by atoms with E-state index in [9.17, 15) is 14.4 Å². The minimum Gasteiger partial charge on any atom is -0.481 e. The molecule has 4 unspecified atom stereocenters. The summed E-state index contributed by atoms with van der Waals surface area (Å²) in [4.78, 5) is 36.5. The monoisotopic (exact) mass is 462 g/mol. The zero-order valence-corrected chi connectivity index (χ0v) is 19.3.